The van der Waals surface area contributed by atoms with Crippen molar-refractivity contribution in [3.05, 3.63) is 17.6 Å². The minimum atomic E-state index is 0.761. The van der Waals surface area contributed by atoms with Crippen molar-refractivity contribution in [2.24, 2.45) is 5.92 Å². The third-order valence-corrected chi connectivity index (χ3v) is 4.79. The van der Waals surface area contributed by atoms with Gasteiger partial charge in [0.2, 0.25) is 0 Å². The third kappa shape index (κ3) is 3.11. The number of aryl methyl sites for hydroxylation is 2. The molecule has 20 heavy (non-hydrogen) atoms. The summed E-state index contributed by atoms with van der Waals surface area (Å²) in [6.07, 6.45) is 8.86. The van der Waals surface area contributed by atoms with Gasteiger partial charge in [0, 0.05) is 25.3 Å². The Morgan fingerprint density at radius 3 is 2.85 bits per heavy atom. The Hall–Kier alpha value is -1.16. The highest BCUT2D eigenvalue weighted by Gasteiger charge is 2.29. The number of hydrogen-bond acceptors (Lipinski definition) is 4. The molecule has 0 unspecified atom stereocenters. The lowest BCUT2D eigenvalue weighted by molar-refractivity contribution is 0.238. The summed E-state index contributed by atoms with van der Waals surface area (Å²) in [6.45, 7) is 7.59. The fourth-order valence-electron chi connectivity index (χ4n) is 3.58. The van der Waals surface area contributed by atoms with E-state index in [4.69, 9.17) is 0 Å². The van der Waals surface area contributed by atoms with Crippen molar-refractivity contribution in [3.8, 4) is 0 Å². The SMILES string of the molecule is Cc1cnc(C)c(NC[C@@H]2CCN(C3CCCC3)C2)n1. The normalized spacial score (nSPS) is 24.4. The highest BCUT2D eigenvalue weighted by molar-refractivity contribution is 5.39. The van der Waals surface area contributed by atoms with Gasteiger partial charge in [0.05, 0.1) is 11.4 Å². The molecule has 4 nitrogen and oxygen atoms in total. The minimum Gasteiger partial charge on any atom is -0.368 e. The largest absolute Gasteiger partial charge is 0.368 e. The van der Waals surface area contributed by atoms with Gasteiger partial charge in [0.1, 0.15) is 5.82 Å². The number of nitrogens with one attached hydrogen (secondary N) is 1. The maximum Gasteiger partial charge on any atom is 0.147 e. The second-order valence-electron chi connectivity index (χ2n) is 6.41. The second-order valence-corrected chi connectivity index (χ2v) is 6.41. The molecule has 1 atom stereocenters. The average molecular weight is 274 g/mol. The molecule has 110 valence electrons. The Morgan fingerprint density at radius 2 is 2.05 bits per heavy atom. The zero-order chi connectivity index (χ0) is 13.9. The zero-order valence-electron chi connectivity index (χ0n) is 12.7. The molecule has 1 N–H and O–H groups in total. The van der Waals surface area contributed by atoms with Crippen LogP contribution >= 0.6 is 0 Å². The molecule has 2 fully saturated rings. The standard InChI is InChI=1S/C16H26N4/c1-12-9-17-13(2)16(19-12)18-10-14-7-8-20(11-14)15-5-3-4-6-15/h9,14-15H,3-8,10-11H2,1-2H3,(H,18,19)/t14-/m0/s1. The summed E-state index contributed by atoms with van der Waals surface area (Å²) in [6, 6.07) is 0.875. The van der Waals surface area contributed by atoms with E-state index in [9.17, 15) is 0 Å². The van der Waals surface area contributed by atoms with Crippen molar-refractivity contribution in [2.45, 2.75) is 52.0 Å². The van der Waals surface area contributed by atoms with Gasteiger partial charge in [-0.15, -0.1) is 0 Å². The van der Waals surface area contributed by atoms with Crippen LogP contribution in [-0.4, -0.2) is 40.5 Å². The van der Waals surface area contributed by atoms with Crippen molar-refractivity contribution >= 4 is 5.82 Å². The van der Waals surface area contributed by atoms with E-state index in [2.05, 4.69) is 20.2 Å². The van der Waals surface area contributed by atoms with E-state index in [0.29, 0.717) is 0 Å². The van der Waals surface area contributed by atoms with Crippen LogP contribution in [0.1, 0.15) is 43.5 Å². The van der Waals surface area contributed by atoms with E-state index < -0.39 is 0 Å². The maximum atomic E-state index is 4.54. The second kappa shape index (κ2) is 6.08. The first-order valence-corrected chi connectivity index (χ1v) is 8.00. The third-order valence-electron chi connectivity index (χ3n) is 4.79. The number of hydrogen-bond donors (Lipinski definition) is 1. The number of nitrogens with zero attached hydrogens (tertiary/aromatic N) is 3. The first kappa shape index (κ1) is 13.8. The number of rotatable bonds is 4. The summed E-state index contributed by atoms with van der Waals surface area (Å²) in [5, 5.41) is 3.51. The Kier molecular flexibility index (Phi) is 4.20. The Morgan fingerprint density at radius 1 is 1.25 bits per heavy atom. The highest BCUT2D eigenvalue weighted by atomic mass is 15.2. The van der Waals surface area contributed by atoms with Gasteiger partial charge in [0.15, 0.2) is 0 Å². The number of aromatic nitrogens is 2. The Labute approximate surface area is 122 Å². The predicted molar refractivity (Wildman–Crippen MR) is 81.9 cm³/mol. The van der Waals surface area contributed by atoms with Crippen LogP contribution in [0.15, 0.2) is 6.20 Å². The van der Waals surface area contributed by atoms with Gasteiger partial charge >= 0.3 is 0 Å². The molecule has 0 bridgehead atoms. The van der Waals surface area contributed by atoms with Crippen LogP contribution in [0, 0.1) is 19.8 Å². The molecular weight excluding hydrogens is 248 g/mol. The topological polar surface area (TPSA) is 41.1 Å². The van der Waals surface area contributed by atoms with E-state index in [-0.39, 0.29) is 0 Å². The van der Waals surface area contributed by atoms with Gasteiger partial charge in [0.25, 0.3) is 0 Å². The summed E-state index contributed by atoms with van der Waals surface area (Å²) in [4.78, 5) is 11.6. The minimum absolute atomic E-state index is 0.761. The Bertz CT molecular complexity index is 454. The van der Waals surface area contributed by atoms with Gasteiger partial charge in [-0.05, 0) is 45.6 Å². The van der Waals surface area contributed by atoms with Crippen molar-refractivity contribution in [3.63, 3.8) is 0 Å². The number of likely N-dealkylation sites (tertiary alicyclic amines) is 1. The quantitative estimate of drug-likeness (QED) is 0.916. The first-order chi connectivity index (χ1) is 9.72. The van der Waals surface area contributed by atoms with E-state index in [0.717, 1.165) is 35.7 Å². The van der Waals surface area contributed by atoms with Crippen molar-refractivity contribution in [1.29, 1.82) is 0 Å². The van der Waals surface area contributed by atoms with E-state index in [1.807, 2.05) is 20.0 Å². The zero-order valence-corrected chi connectivity index (χ0v) is 12.7. The molecular formula is C16H26N4. The predicted octanol–water partition coefficient (Wildman–Crippen LogP) is 2.77. The summed E-state index contributed by atoms with van der Waals surface area (Å²) < 4.78 is 0. The first-order valence-electron chi connectivity index (χ1n) is 8.00. The van der Waals surface area contributed by atoms with Crippen LogP contribution in [0.3, 0.4) is 0 Å². The number of anilines is 1. The van der Waals surface area contributed by atoms with Crippen molar-refractivity contribution in [2.75, 3.05) is 25.0 Å². The van der Waals surface area contributed by atoms with Crippen LogP contribution in [-0.2, 0) is 0 Å². The summed E-state index contributed by atoms with van der Waals surface area (Å²) in [5.74, 6) is 1.72. The molecule has 2 heterocycles. The van der Waals surface area contributed by atoms with Crippen molar-refractivity contribution in [1.82, 2.24) is 14.9 Å². The average Bonchev–Trinajstić information content (AvgIpc) is 3.09. The molecule has 0 amide bonds. The summed E-state index contributed by atoms with van der Waals surface area (Å²) in [7, 11) is 0. The fourth-order valence-corrected chi connectivity index (χ4v) is 3.58. The molecule has 0 aromatic carbocycles. The van der Waals surface area contributed by atoms with Gasteiger partial charge in [-0.1, -0.05) is 12.8 Å². The Balaban J connectivity index is 1.50. The molecule has 2 aliphatic rings. The smallest absolute Gasteiger partial charge is 0.147 e. The molecule has 1 aromatic rings. The lowest BCUT2D eigenvalue weighted by Crippen LogP contribution is -2.31. The molecule has 0 radical (unpaired) electrons. The summed E-state index contributed by atoms with van der Waals surface area (Å²) in [5.41, 5.74) is 1.98. The van der Waals surface area contributed by atoms with E-state index >= 15 is 0 Å². The van der Waals surface area contributed by atoms with Crippen LogP contribution in [0.2, 0.25) is 0 Å². The highest BCUT2D eigenvalue weighted by Crippen LogP contribution is 2.28. The van der Waals surface area contributed by atoms with Crippen LogP contribution < -0.4 is 5.32 Å². The molecule has 0 spiro atoms. The van der Waals surface area contributed by atoms with Crippen molar-refractivity contribution < 1.29 is 0 Å². The van der Waals surface area contributed by atoms with Gasteiger partial charge in [-0.25, -0.2) is 4.98 Å². The maximum absolute atomic E-state index is 4.54. The fraction of sp³-hybridized carbons (Fsp3) is 0.750. The molecule has 1 aliphatic heterocycles. The molecule has 1 saturated heterocycles. The van der Waals surface area contributed by atoms with Gasteiger partial charge in [-0.3, -0.25) is 4.98 Å². The molecule has 4 heteroatoms. The molecule has 3 rings (SSSR count). The summed E-state index contributed by atoms with van der Waals surface area (Å²) >= 11 is 0. The van der Waals surface area contributed by atoms with Gasteiger partial charge < -0.3 is 10.2 Å². The lowest BCUT2D eigenvalue weighted by Gasteiger charge is -2.23. The molecule has 1 saturated carbocycles. The van der Waals surface area contributed by atoms with E-state index in [1.165, 1.54) is 45.2 Å². The van der Waals surface area contributed by atoms with E-state index in [1.54, 1.807) is 0 Å². The lowest BCUT2D eigenvalue weighted by atomic mass is 10.1. The van der Waals surface area contributed by atoms with Crippen LogP contribution in [0.5, 0.6) is 0 Å². The molecule has 1 aromatic heterocycles. The molecule has 1 aliphatic carbocycles. The van der Waals surface area contributed by atoms with Crippen LogP contribution in [0.4, 0.5) is 5.82 Å². The monoisotopic (exact) mass is 274 g/mol. The van der Waals surface area contributed by atoms with Gasteiger partial charge in [-0.2, -0.15) is 0 Å². The van der Waals surface area contributed by atoms with Crippen LogP contribution in [0.25, 0.3) is 0 Å².